The predicted molar refractivity (Wildman–Crippen MR) is 78.3 cm³/mol. The molecule has 0 N–H and O–H groups in total. The molecule has 0 saturated carbocycles. The fourth-order valence-electron chi connectivity index (χ4n) is 1.87. The molecule has 0 aromatic rings. The van der Waals surface area contributed by atoms with E-state index in [-0.39, 0.29) is 22.3 Å². The number of hydrogen-bond acceptors (Lipinski definition) is 5. The zero-order valence-electron chi connectivity index (χ0n) is 11.4. The SMILES string of the molecule is CC(=O)C(S)CC1CSC(C(=O)OC(C)(C)C)C1. The molecule has 1 aliphatic heterocycles. The van der Waals surface area contributed by atoms with E-state index >= 15 is 0 Å². The van der Waals surface area contributed by atoms with Crippen LogP contribution in [0.3, 0.4) is 0 Å². The lowest BCUT2D eigenvalue weighted by Gasteiger charge is -2.21. The highest BCUT2D eigenvalue weighted by Crippen LogP contribution is 2.36. The maximum Gasteiger partial charge on any atom is 0.319 e. The molecule has 3 atom stereocenters. The van der Waals surface area contributed by atoms with Gasteiger partial charge in [0.25, 0.3) is 0 Å². The van der Waals surface area contributed by atoms with Crippen molar-refractivity contribution in [3.05, 3.63) is 0 Å². The molecule has 104 valence electrons. The summed E-state index contributed by atoms with van der Waals surface area (Å²) in [5, 5.41) is -0.283. The molecule has 0 aromatic heterocycles. The summed E-state index contributed by atoms with van der Waals surface area (Å²) in [5.74, 6) is 1.27. The first-order valence-corrected chi connectivity index (χ1v) is 7.78. The van der Waals surface area contributed by atoms with E-state index in [9.17, 15) is 9.59 Å². The minimum Gasteiger partial charge on any atom is -0.459 e. The molecule has 0 amide bonds. The summed E-state index contributed by atoms with van der Waals surface area (Å²) >= 11 is 5.91. The van der Waals surface area contributed by atoms with Gasteiger partial charge < -0.3 is 4.74 Å². The number of carbonyl (C=O) groups excluding carboxylic acids is 2. The average molecular weight is 290 g/mol. The van der Waals surface area contributed by atoms with Gasteiger partial charge in [0.05, 0.1) is 5.25 Å². The summed E-state index contributed by atoms with van der Waals surface area (Å²) in [6.45, 7) is 7.19. The van der Waals surface area contributed by atoms with Gasteiger partial charge in [0.1, 0.15) is 16.6 Å². The van der Waals surface area contributed by atoms with Gasteiger partial charge in [-0.15, -0.1) is 11.8 Å². The number of thioether (sulfide) groups is 1. The van der Waals surface area contributed by atoms with Gasteiger partial charge in [-0.05, 0) is 52.2 Å². The van der Waals surface area contributed by atoms with Gasteiger partial charge in [0.15, 0.2) is 0 Å². The van der Waals surface area contributed by atoms with E-state index in [0.717, 1.165) is 18.6 Å². The molecule has 0 aromatic carbocycles. The van der Waals surface area contributed by atoms with Crippen molar-refractivity contribution >= 4 is 36.1 Å². The largest absolute Gasteiger partial charge is 0.459 e. The Morgan fingerprint density at radius 3 is 2.56 bits per heavy atom. The molecule has 1 heterocycles. The van der Waals surface area contributed by atoms with E-state index in [4.69, 9.17) is 4.74 Å². The lowest BCUT2D eigenvalue weighted by molar-refractivity contribution is -0.154. The van der Waals surface area contributed by atoms with E-state index in [2.05, 4.69) is 12.6 Å². The molecule has 1 rings (SSSR count). The molecule has 0 radical (unpaired) electrons. The monoisotopic (exact) mass is 290 g/mol. The molecule has 3 nitrogen and oxygen atoms in total. The van der Waals surface area contributed by atoms with Crippen molar-refractivity contribution in [3.8, 4) is 0 Å². The van der Waals surface area contributed by atoms with E-state index in [1.165, 1.54) is 0 Å². The molecule has 18 heavy (non-hydrogen) atoms. The van der Waals surface area contributed by atoms with Gasteiger partial charge >= 0.3 is 5.97 Å². The van der Waals surface area contributed by atoms with E-state index in [0.29, 0.717) is 5.92 Å². The minimum absolute atomic E-state index is 0.0817. The third-order valence-corrected chi connectivity index (χ3v) is 4.80. The number of thiol groups is 1. The highest BCUT2D eigenvalue weighted by molar-refractivity contribution is 8.00. The highest BCUT2D eigenvalue weighted by Gasteiger charge is 2.34. The van der Waals surface area contributed by atoms with Gasteiger partial charge in [0.2, 0.25) is 0 Å². The number of rotatable bonds is 4. The summed E-state index contributed by atoms with van der Waals surface area (Å²) < 4.78 is 5.38. The number of Topliss-reactive ketones (excluding diaryl/α,β-unsaturated/α-hetero) is 1. The predicted octanol–water partition coefficient (Wildman–Crippen LogP) is 2.73. The van der Waals surface area contributed by atoms with Crippen molar-refractivity contribution in [2.45, 2.75) is 56.6 Å². The zero-order valence-corrected chi connectivity index (χ0v) is 13.1. The second-order valence-corrected chi connectivity index (χ2v) is 7.68. The smallest absolute Gasteiger partial charge is 0.319 e. The molecular weight excluding hydrogens is 268 g/mol. The molecule has 1 saturated heterocycles. The summed E-state index contributed by atoms with van der Waals surface area (Å²) in [6.07, 6.45) is 1.55. The Kier molecular flexibility index (Phi) is 5.59. The van der Waals surface area contributed by atoms with Crippen molar-refractivity contribution in [1.29, 1.82) is 0 Å². The quantitative estimate of drug-likeness (QED) is 0.638. The van der Waals surface area contributed by atoms with Crippen LogP contribution in [0.15, 0.2) is 0 Å². The van der Waals surface area contributed by atoms with Crippen LogP contribution in [-0.2, 0) is 14.3 Å². The van der Waals surface area contributed by atoms with Crippen LogP contribution in [-0.4, -0.2) is 33.6 Å². The van der Waals surface area contributed by atoms with Crippen LogP contribution in [0, 0.1) is 5.92 Å². The van der Waals surface area contributed by atoms with Crippen LogP contribution in [0.5, 0.6) is 0 Å². The highest BCUT2D eigenvalue weighted by atomic mass is 32.2. The molecule has 1 aliphatic rings. The zero-order chi connectivity index (χ0) is 13.9. The number of esters is 1. The van der Waals surface area contributed by atoms with Crippen LogP contribution in [0.1, 0.15) is 40.5 Å². The summed E-state index contributed by atoms with van der Waals surface area (Å²) in [7, 11) is 0. The topological polar surface area (TPSA) is 43.4 Å². The first-order valence-electron chi connectivity index (χ1n) is 6.22. The fraction of sp³-hybridized carbons (Fsp3) is 0.846. The fourth-order valence-corrected chi connectivity index (χ4v) is 3.54. The number of hydrogen-bond donors (Lipinski definition) is 1. The lowest BCUT2D eigenvalue weighted by Crippen LogP contribution is -2.29. The molecule has 3 unspecified atom stereocenters. The second-order valence-electron chi connectivity index (χ2n) is 5.82. The first kappa shape index (κ1) is 15.9. The van der Waals surface area contributed by atoms with Gasteiger partial charge in [-0.25, -0.2) is 0 Å². The number of carbonyl (C=O) groups is 2. The molecule has 0 spiro atoms. The Labute approximate surface area is 119 Å². The summed E-state index contributed by atoms with van der Waals surface area (Å²) in [6, 6.07) is 0. The Morgan fingerprint density at radius 1 is 1.44 bits per heavy atom. The van der Waals surface area contributed by atoms with Crippen molar-refractivity contribution < 1.29 is 14.3 Å². The lowest BCUT2D eigenvalue weighted by atomic mass is 9.98. The molecule has 1 fully saturated rings. The van der Waals surface area contributed by atoms with E-state index in [1.807, 2.05) is 20.8 Å². The number of ether oxygens (including phenoxy) is 1. The normalized spacial score (nSPS) is 25.8. The Hall–Kier alpha value is -0.160. The van der Waals surface area contributed by atoms with Crippen molar-refractivity contribution in [2.24, 2.45) is 5.92 Å². The Balaban J connectivity index is 2.41. The van der Waals surface area contributed by atoms with Crippen LogP contribution in [0.4, 0.5) is 0 Å². The Morgan fingerprint density at radius 2 is 2.06 bits per heavy atom. The summed E-state index contributed by atoms with van der Waals surface area (Å²) in [4.78, 5) is 23.1. The first-order chi connectivity index (χ1) is 8.19. The average Bonchev–Trinajstić information content (AvgIpc) is 2.63. The molecule has 0 bridgehead atoms. The molecular formula is C13H22O3S2. The van der Waals surface area contributed by atoms with Gasteiger partial charge in [-0.2, -0.15) is 12.6 Å². The molecule has 5 heteroatoms. The molecule has 0 aliphatic carbocycles. The van der Waals surface area contributed by atoms with Crippen LogP contribution < -0.4 is 0 Å². The minimum atomic E-state index is -0.429. The van der Waals surface area contributed by atoms with Gasteiger partial charge in [-0.1, -0.05) is 0 Å². The third kappa shape index (κ3) is 5.22. The van der Waals surface area contributed by atoms with E-state index < -0.39 is 5.60 Å². The van der Waals surface area contributed by atoms with Gasteiger partial charge in [-0.3, -0.25) is 9.59 Å². The van der Waals surface area contributed by atoms with Crippen LogP contribution in [0.25, 0.3) is 0 Å². The van der Waals surface area contributed by atoms with Gasteiger partial charge in [0, 0.05) is 0 Å². The van der Waals surface area contributed by atoms with Crippen molar-refractivity contribution in [2.75, 3.05) is 5.75 Å². The summed E-state index contributed by atoms with van der Waals surface area (Å²) in [5.41, 5.74) is -0.429. The maximum atomic E-state index is 11.9. The van der Waals surface area contributed by atoms with Crippen molar-refractivity contribution in [3.63, 3.8) is 0 Å². The Bertz CT molecular complexity index is 323. The third-order valence-electron chi connectivity index (χ3n) is 2.78. The second kappa shape index (κ2) is 6.33. The van der Waals surface area contributed by atoms with E-state index in [1.54, 1.807) is 18.7 Å². The standard InChI is InChI=1S/C13H22O3S2/c1-8(14)10(17)5-9-6-11(18-7-9)12(15)16-13(2,3)4/h9-11,17H,5-7H2,1-4H3. The van der Waals surface area contributed by atoms with Crippen LogP contribution in [0.2, 0.25) is 0 Å². The number of ketones is 1. The maximum absolute atomic E-state index is 11.9. The van der Waals surface area contributed by atoms with Crippen molar-refractivity contribution in [1.82, 2.24) is 0 Å². The van der Waals surface area contributed by atoms with Crippen LogP contribution >= 0.6 is 24.4 Å².